The van der Waals surface area contributed by atoms with E-state index >= 15 is 0 Å². The van der Waals surface area contributed by atoms with E-state index in [9.17, 15) is 0 Å². The molecule has 4 rings (SSSR count). The number of nitrogens with zero attached hydrogens (tertiary/aromatic N) is 2. The standard InChI is InChI=1S/C21H15ClN2/c22-17-10-6-7-15(13-17)14-20-21(16-8-2-1-3-9-16)24-19-12-5-4-11-18(19)23-20/h1-13H,14H2. The fourth-order valence-corrected chi connectivity index (χ4v) is 3.04. The smallest absolute Gasteiger partial charge is 0.0928 e. The number of hydrogen-bond donors (Lipinski definition) is 0. The minimum Gasteiger partial charge on any atom is -0.249 e. The summed E-state index contributed by atoms with van der Waals surface area (Å²) in [7, 11) is 0. The van der Waals surface area contributed by atoms with Crippen molar-refractivity contribution in [2.45, 2.75) is 6.42 Å². The van der Waals surface area contributed by atoms with Crippen molar-refractivity contribution in [1.29, 1.82) is 0 Å². The van der Waals surface area contributed by atoms with Gasteiger partial charge in [0.1, 0.15) is 0 Å². The van der Waals surface area contributed by atoms with E-state index in [0.29, 0.717) is 6.42 Å². The fourth-order valence-electron chi connectivity index (χ4n) is 2.83. The van der Waals surface area contributed by atoms with Crippen LogP contribution in [-0.4, -0.2) is 9.97 Å². The molecular weight excluding hydrogens is 316 g/mol. The Kier molecular flexibility index (Phi) is 3.97. The summed E-state index contributed by atoms with van der Waals surface area (Å²) in [6.45, 7) is 0. The number of para-hydroxylation sites is 2. The number of benzene rings is 3. The van der Waals surface area contributed by atoms with Gasteiger partial charge < -0.3 is 0 Å². The zero-order chi connectivity index (χ0) is 16.4. The zero-order valence-electron chi connectivity index (χ0n) is 13.0. The van der Waals surface area contributed by atoms with E-state index in [2.05, 4.69) is 18.2 Å². The summed E-state index contributed by atoms with van der Waals surface area (Å²) in [6.07, 6.45) is 0.697. The van der Waals surface area contributed by atoms with E-state index in [1.807, 2.05) is 60.7 Å². The SMILES string of the molecule is Clc1cccc(Cc2nc3ccccc3nc2-c2ccccc2)c1. The normalized spacial score (nSPS) is 10.9. The highest BCUT2D eigenvalue weighted by Crippen LogP contribution is 2.25. The van der Waals surface area contributed by atoms with Crippen LogP contribution in [0.2, 0.25) is 5.02 Å². The minimum atomic E-state index is 0.697. The van der Waals surface area contributed by atoms with Crippen LogP contribution in [0.5, 0.6) is 0 Å². The molecule has 0 spiro atoms. The van der Waals surface area contributed by atoms with E-state index in [4.69, 9.17) is 21.6 Å². The van der Waals surface area contributed by atoms with Crippen LogP contribution in [0.4, 0.5) is 0 Å². The highest BCUT2D eigenvalue weighted by atomic mass is 35.5. The second-order valence-corrected chi connectivity index (χ2v) is 6.12. The van der Waals surface area contributed by atoms with Crippen molar-refractivity contribution < 1.29 is 0 Å². The van der Waals surface area contributed by atoms with Crippen LogP contribution in [-0.2, 0) is 6.42 Å². The van der Waals surface area contributed by atoms with Crippen LogP contribution in [0.25, 0.3) is 22.3 Å². The van der Waals surface area contributed by atoms with Crippen molar-refractivity contribution in [3.05, 3.63) is 95.1 Å². The number of rotatable bonds is 3. The molecule has 1 heterocycles. The van der Waals surface area contributed by atoms with Gasteiger partial charge in [-0.3, -0.25) is 0 Å². The molecule has 0 amide bonds. The van der Waals surface area contributed by atoms with Gasteiger partial charge in [0.15, 0.2) is 0 Å². The molecule has 0 saturated carbocycles. The van der Waals surface area contributed by atoms with Gasteiger partial charge in [-0.25, -0.2) is 9.97 Å². The topological polar surface area (TPSA) is 25.8 Å². The molecule has 0 aliphatic rings. The summed E-state index contributed by atoms with van der Waals surface area (Å²) in [5.74, 6) is 0. The maximum Gasteiger partial charge on any atom is 0.0928 e. The molecule has 0 saturated heterocycles. The lowest BCUT2D eigenvalue weighted by Crippen LogP contribution is -2.00. The van der Waals surface area contributed by atoms with Crippen molar-refractivity contribution in [1.82, 2.24) is 9.97 Å². The molecule has 0 aliphatic heterocycles. The summed E-state index contributed by atoms with van der Waals surface area (Å²) in [4.78, 5) is 9.74. The predicted molar refractivity (Wildman–Crippen MR) is 99.2 cm³/mol. The van der Waals surface area contributed by atoms with Crippen LogP contribution in [0.15, 0.2) is 78.9 Å². The predicted octanol–water partition coefficient (Wildman–Crippen LogP) is 5.54. The van der Waals surface area contributed by atoms with E-state index < -0.39 is 0 Å². The highest BCUT2D eigenvalue weighted by Gasteiger charge is 2.11. The summed E-state index contributed by atoms with van der Waals surface area (Å²) >= 11 is 6.13. The molecule has 0 bridgehead atoms. The third kappa shape index (κ3) is 3.01. The Morgan fingerprint density at radius 3 is 2.17 bits per heavy atom. The molecule has 3 heteroatoms. The number of halogens is 1. The monoisotopic (exact) mass is 330 g/mol. The number of aromatic nitrogens is 2. The lowest BCUT2D eigenvalue weighted by atomic mass is 10.0. The average molecular weight is 331 g/mol. The Balaban J connectivity index is 1.88. The Morgan fingerprint density at radius 1 is 0.708 bits per heavy atom. The highest BCUT2D eigenvalue weighted by molar-refractivity contribution is 6.30. The average Bonchev–Trinajstić information content (AvgIpc) is 2.62. The molecule has 0 aliphatic carbocycles. The molecule has 0 radical (unpaired) electrons. The summed E-state index contributed by atoms with van der Waals surface area (Å²) in [5, 5.41) is 0.738. The second-order valence-electron chi connectivity index (χ2n) is 5.68. The van der Waals surface area contributed by atoms with Crippen molar-refractivity contribution in [2.75, 3.05) is 0 Å². The quantitative estimate of drug-likeness (QED) is 0.493. The van der Waals surface area contributed by atoms with Gasteiger partial charge >= 0.3 is 0 Å². The fraction of sp³-hybridized carbons (Fsp3) is 0.0476. The van der Waals surface area contributed by atoms with E-state index in [0.717, 1.165) is 38.6 Å². The summed E-state index contributed by atoms with van der Waals surface area (Å²) in [6, 6.07) is 26.1. The molecule has 24 heavy (non-hydrogen) atoms. The lowest BCUT2D eigenvalue weighted by Gasteiger charge is -2.10. The third-order valence-electron chi connectivity index (χ3n) is 3.95. The Morgan fingerprint density at radius 2 is 1.42 bits per heavy atom. The molecular formula is C21H15ClN2. The van der Waals surface area contributed by atoms with Crippen LogP contribution in [0.3, 0.4) is 0 Å². The first kappa shape index (κ1) is 14.9. The van der Waals surface area contributed by atoms with Gasteiger partial charge in [0.2, 0.25) is 0 Å². The van der Waals surface area contributed by atoms with Crippen molar-refractivity contribution in [2.24, 2.45) is 0 Å². The van der Waals surface area contributed by atoms with Crippen molar-refractivity contribution >= 4 is 22.6 Å². The first-order chi connectivity index (χ1) is 11.8. The van der Waals surface area contributed by atoms with Crippen LogP contribution in [0, 0.1) is 0 Å². The van der Waals surface area contributed by atoms with E-state index in [1.54, 1.807) is 0 Å². The van der Waals surface area contributed by atoms with Crippen LogP contribution in [0.1, 0.15) is 11.3 Å². The molecule has 0 atom stereocenters. The molecule has 4 aromatic rings. The number of hydrogen-bond acceptors (Lipinski definition) is 2. The first-order valence-corrected chi connectivity index (χ1v) is 8.23. The maximum atomic E-state index is 6.13. The first-order valence-electron chi connectivity index (χ1n) is 7.85. The van der Waals surface area contributed by atoms with Crippen LogP contribution >= 0.6 is 11.6 Å². The molecule has 1 aromatic heterocycles. The second kappa shape index (κ2) is 6.42. The van der Waals surface area contributed by atoms with Gasteiger partial charge in [0, 0.05) is 17.0 Å². The van der Waals surface area contributed by atoms with Gasteiger partial charge in [0.25, 0.3) is 0 Å². The van der Waals surface area contributed by atoms with Gasteiger partial charge in [-0.15, -0.1) is 0 Å². The lowest BCUT2D eigenvalue weighted by molar-refractivity contribution is 1.07. The molecule has 0 N–H and O–H groups in total. The van der Waals surface area contributed by atoms with Gasteiger partial charge in [0.05, 0.1) is 22.4 Å². The van der Waals surface area contributed by atoms with Gasteiger partial charge in [-0.1, -0.05) is 66.2 Å². The molecule has 0 fully saturated rings. The minimum absolute atomic E-state index is 0.697. The summed E-state index contributed by atoms with van der Waals surface area (Å²) < 4.78 is 0. The molecule has 0 unspecified atom stereocenters. The third-order valence-corrected chi connectivity index (χ3v) is 4.19. The number of fused-ring (bicyclic) bond motifs is 1. The van der Waals surface area contributed by atoms with Crippen molar-refractivity contribution in [3.8, 4) is 11.3 Å². The Hall–Kier alpha value is -2.71. The maximum absolute atomic E-state index is 6.13. The molecule has 116 valence electrons. The summed E-state index contributed by atoms with van der Waals surface area (Å²) in [5.41, 5.74) is 5.91. The Bertz CT molecular complexity index is 997. The van der Waals surface area contributed by atoms with Gasteiger partial charge in [-0.2, -0.15) is 0 Å². The van der Waals surface area contributed by atoms with Crippen LogP contribution < -0.4 is 0 Å². The van der Waals surface area contributed by atoms with Gasteiger partial charge in [-0.05, 0) is 29.8 Å². The zero-order valence-corrected chi connectivity index (χ0v) is 13.7. The van der Waals surface area contributed by atoms with E-state index in [1.165, 1.54) is 0 Å². The Labute approximate surface area is 145 Å². The van der Waals surface area contributed by atoms with E-state index in [-0.39, 0.29) is 0 Å². The molecule has 3 aromatic carbocycles. The molecule has 2 nitrogen and oxygen atoms in total. The largest absolute Gasteiger partial charge is 0.249 e. The van der Waals surface area contributed by atoms with Crippen molar-refractivity contribution in [3.63, 3.8) is 0 Å².